The second-order valence-corrected chi connectivity index (χ2v) is 7.57. The first-order chi connectivity index (χ1) is 13.3. The molecule has 0 radical (unpaired) electrons. The number of nitrogens with zero attached hydrogens (tertiary/aromatic N) is 1. The predicted octanol–water partition coefficient (Wildman–Crippen LogP) is 4.43. The van der Waals surface area contributed by atoms with Gasteiger partial charge in [0.25, 0.3) is 11.7 Å². The van der Waals surface area contributed by atoms with E-state index >= 15 is 0 Å². The van der Waals surface area contributed by atoms with Gasteiger partial charge >= 0.3 is 0 Å². The van der Waals surface area contributed by atoms with Gasteiger partial charge in [-0.05, 0) is 47.9 Å². The molecule has 146 valence electrons. The van der Waals surface area contributed by atoms with Crippen molar-refractivity contribution in [3.05, 3.63) is 70.3 Å². The Balaban J connectivity index is 2.19. The smallest absolute Gasteiger partial charge is 0.295 e. The van der Waals surface area contributed by atoms with Crippen LogP contribution in [-0.4, -0.2) is 35.4 Å². The molecular formula is C22H22ClNO4. The van der Waals surface area contributed by atoms with E-state index in [1.165, 1.54) is 4.90 Å². The summed E-state index contributed by atoms with van der Waals surface area (Å²) in [5.41, 5.74) is 1.20. The summed E-state index contributed by atoms with van der Waals surface area (Å²) in [6, 6.07) is 13.0. The van der Waals surface area contributed by atoms with Gasteiger partial charge in [0, 0.05) is 17.1 Å². The number of aliphatic hydroxyl groups excluding tert-OH is 1. The van der Waals surface area contributed by atoms with Crippen molar-refractivity contribution in [2.75, 3.05) is 13.7 Å². The number of hydrogen-bond donors (Lipinski definition) is 1. The lowest BCUT2D eigenvalue weighted by molar-refractivity contribution is -0.140. The number of aliphatic hydroxyl groups is 1. The molecule has 0 unspecified atom stereocenters. The van der Waals surface area contributed by atoms with Gasteiger partial charge in [-0.2, -0.15) is 0 Å². The number of ether oxygens (including phenoxy) is 1. The number of Topliss-reactive ketones (excluding diaryl/α,β-unsaturated/α-hetero) is 1. The predicted molar refractivity (Wildman–Crippen MR) is 108 cm³/mol. The quantitative estimate of drug-likeness (QED) is 0.459. The third-order valence-electron chi connectivity index (χ3n) is 4.63. The first-order valence-electron chi connectivity index (χ1n) is 9.01. The molecule has 0 aliphatic carbocycles. The topological polar surface area (TPSA) is 66.8 Å². The Labute approximate surface area is 169 Å². The third-order valence-corrected chi connectivity index (χ3v) is 4.88. The number of carbonyl (C=O) groups is 2. The largest absolute Gasteiger partial charge is 0.507 e. The van der Waals surface area contributed by atoms with E-state index in [-0.39, 0.29) is 17.3 Å². The Morgan fingerprint density at radius 3 is 2.46 bits per heavy atom. The highest BCUT2D eigenvalue weighted by Gasteiger charge is 2.46. The Kier molecular flexibility index (Phi) is 5.75. The van der Waals surface area contributed by atoms with Gasteiger partial charge < -0.3 is 14.7 Å². The van der Waals surface area contributed by atoms with E-state index in [1.807, 2.05) is 19.9 Å². The maximum absolute atomic E-state index is 12.9. The Hall–Kier alpha value is -2.79. The molecule has 28 heavy (non-hydrogen) atoms. The summed E-state index contributed by atoms with van der Waals surface area (Å²) in [6.07, 6.45) is 0. The maximum Gasteiger partial charge on any atom is 0.295 e. The summed E-state index contributed by atoms with van der Waals surface area (Å²) in [5, 5.41) is 11.4. The molecule has 0 bridgehead atoms. The minimum atomic E-state index is -0.694. The van der Waals surface area contributed by atoms with Gasteiger partial charge in [0.05, 0.1) is 18.7 Å². The number of hydrogen-bond acceptors (Lipinski definition) is 4. The molecule has 1 amide bonds. The first kappa shape index (κ1) is 20.0. The zero-order chi connectivity index (χ0) is 20.4. The zero-order valence-electron chi connectivity index (χ0n) is 16.0. The van der Waals surface area contributed by atoms with E-state index in [0.29, 0.717) is 28.4 Å². The van der Waals surface area contributed by atoms with Crippen LogP contribution in [-0.2, 0) is 9.59 Å². The minimum absolute atomic E-state index is 0.0706. The number of benzene rings is 2. The summed E-state index contributed by atoms with van der Waals surface area (Å²) in [4.78, 5) is 27.1. The van der Waals surface area contributed by atoms with Crippen molar-refractivity contribution in [2.24, 2.45) is 5.92 Å². The minimum Gasteiger partial charge on any atom is -0.507 e. The molecule has 1 aliphatic heterocycles. The highest BCUT2D eigenvalue weighted by atomic mass is 35.5. The number of carbonyl (C=O) groups excluding carboxylic acids is 2. The molecule has 0 aromatic heterocycles. The number of likely N-dealkylation sites (tertiary alicyclic amines) is 1. The number of rotatable bonds is 5. The third kappa shape index (κ3) is 3.76. The second kappa shape index (κ2) is 8.07. The molecular weight excluding hydrogens is 378 g/mol. The highest BCUT2D eigenvalue weighted by Crippen LogP contribution is 2.40. The Morgan fingerprint density at radius 2 is 1.86 bits per heavy atom. The van der Waals surface area contributed by atoms with E-state index in [2.05, 4.69) is 0 Å². The molecule has 0 saturated carbocycles. The van der Waals surface area contributed by atoms with E-state index in [0.717, 1.165) is 0 Å². The van der Waals surface area contributed by atoms with Crippen LogP contribution in [0.15, 0.2) is 54.1 Å². The van der Waals surface area contributed by atoms with Crippen molar-refractivity contribution in [3.8, 4) is 5.75 Å². The first-order valence-corrected chi connectivity index (χ1v) is 9.39. The molecule has 1 saturated heterocycles. The van der Waals surface area contributed by atoms with Crippen LogP contribution < -0.4 is 4.74 Å². The van der Waals surface area contributed by atoms with Crippen LogP contribution in [0.3, 0.4) is 0 Å². The molecule has 1 aliphatic rings. The summed E-state index contributed by atoms with van der Waals surface area (Å²) >= 11 is 5.93. The van der Waals surface area contributed by atoms with Crippen LogP contribution in [0.2, 0.25) is 5.02 Å². The number of halogens is 1. The van der Waals surface area contributed by atoms with Gasteiger partial charge in [0.1, 0.15) is 11.5 Å². The van der Waals surface area contributed by atoms with Crippen LogP contribution in [0.1, 0.15) is 31.0 Å². The van der Waals surface area contributed by atoms with Crippen LogP contribution in [0.4, 0.5) is 0 Å². The van der Waals surface area contributed by atoms with Crippen molar-refractivity contribution in [1.29, 1.82) is 0 Å². The fourth-order valence-electron chi connectivity index (χ4n) is 3.38. The van der Waals surface area contributed by atoms with Crippen molar-refractivity contribution in [2.45, 2.75) is 19.9 Å². The van der Waals surface area contributed by atoms with Crippen LogP contribution in [0.5, 0.6) is 5.75 Å². The maximum atomic E-state index is 12.9. The molecule has 1 heterocycles. The Morgan fingerprint density at radius 1 is 1.18 bits per heavy atom. The monoisotopic (exact) mass is 399 g/mol. The second-order valence-electron chi connectivity index (χ2n) is 7.13. The van der Waals surface area contributed by atoms with Crippen LogP contribution in [0, 0.1) is 5.92 Å². The van der Waals surface area contributed by atoms with Gasteiger partial charge in [-0.1, -0.05) is 37.6 Å². The lowest BCUT2D eigenvalue weighted by atomic mass is 9.95. The lowest BCUT2D eigenvalue weighted by Gasteiger charge is -2.27. The summed E-state index contributed by atoms with van der Waals surface area (Å²) < 4.78 is 5.30. The van der Waals surface area contributed by atoms with Crippen LogP contribution >= 0.6 is 11.6 Å². The number of ketones is 1. The molecule has 1 N–H and O–H groups in total. The molecule has 1 atom stereocenters. The molecule has 2 aromatic rings. The zero-order valence-corrected chi connectivity index (χ0v) is 16.7. The molecule has 1 fully saturated rings. The van der Waals surface area contributed by atoms with Crippen LogP contribution in [0.25, 0.3) is 5.76 Å². The van der Waals surface area contributed by atoms with Crippen molar-refractivity contribution in [3.63, 3.8) is 0 Å². The van der Waals surface area contributed by atoms with Crippen molar-refractivity contribution in [1.82, 2.24) is 4.90 Å². The average Bonchev–Trinajstić information content (AvgIpc) is 2.92. The molecule has 5 nitrogen and oxygen atoms in total. The summed E-state index contributed by atoms with van der Waals surface area (Å²) in [6.45, 7) is 4.34. The molecule has 0 spiro atoms. The fourth-order valence-corrected chi connectivity index (χ4v) is 3.51. The Bertz CT molecular complexity index is 934. The van der Waals surface area contributed by atoms with Gasteiger partial charge in [0.15, 0.2) is 0 Å². The SMILES string of the molecule is COc1cccc([C@H]2C(=C(O)c3ccc(Cl)cc3)C(=O)C(=O)N2CC(C)C)c1. The van der Waals surface area contributed by atoms with E-state index in [1.54, 1.807) is 49.6 Å². The average molecular weight is 400 g/mol. The van der Waals surface area contributed by atoms with E-state index in [9.17, 15) is 14.7 Å². The van der Waals surface area contributed by atoms with Gasteiger partial charge in [0.2, 0.25) is 0 Å². The van der Waals surface area contributed by atoms with E-state index in [4.69, 9.17) is 16.3 Å². The van der Waals surface area contributed by atoms with Gasteiger partial charge in [-0.25, -0.2) is 0 Å². The number of methoxy groups -OCH3 is 1. The fraction of sp³-hybridized carbons (Fsp3) is 0.273. The highest BCUT2D eigenvalue weighted by molar-refractivity contribution is 6.46. The standard InChI is InChI=1S/C22H22ClNO4/c1-13(2)12-24-19(15-5-4-6-17(11-15)28-3)18(21(26)22(24)27)20(25)14-7-9-16(23)10-8-14/h4-11,13,19,25H,12H2,1-3H3/t19-/m0/s1. The van der Waals surface area contributed by atoms with Crippen molar-refractivity contribution < 1.29 is 19.4 Å². The summed E-state index contributed by atoms with van der Waals surface area (Å²) in [7, 11) is 1.55. The van der Waals surface area contributed by atoms with Gasteiger partial charge in [-0.15, -0.1) is 0 Å². The van der Waals surface area contributed by atoms with Gasteiger partial charge in [-0.3, -0.25) is 9.59 Å². The molecule has 3 rings (SSSR count). The lowest BCUT2D eigenvalue weighted by Crippen LogP contribution is -2.33. The normalized spacial score (nSPS) is 18.8. The molecule has 2 aromatic carbocycles. The van der Waals surface area contributed by atoms with E-state index < -0.39 is 17.7 Å². The number of amides is 1. The van der Waals surface area contributed by atoms with Crippen molar-refractivity contribution >= 4 is 29.1 Å². The molecule has 6 heteroatoms. The summed E-state index contributed by atoms with van der Waals surface area (Å²) in [5.74, 6) is -0.756.